The van der Waals surface area contributed by atoms with Crippen LogP contribution < -0.4 is 5.73 Å². The topological polar surface area (TPSA) is 80.4 Å². The Morgan fingerprint density at radius 2 is 1.88 bits per heavy atom. The van der Waals surface area contributed by atoms with Crippen molar-refractivity contribution in [2.45, 2.75) is 18.9 Å². The van der Waals surface area contributed by atoms with Crippen molar-refractivity contribution in [3.8, 4) is 0 Å². The predicted molar refractivity (Wildman–Crippen MR) is 60.6 cm³/mol. The highest BCUT2D eigenvalue weighted by molar-refractivity contribution is 6.30. The Balaban J connectivity index is 2.53. The fraction of sp³-hybridized carbons (Fsp3) is 0.273. The molecule has 0 amide bonds. The van der Waals surface area contributed by atoms with Crippen LogP contribution in [0.1, 0.15) is 23.2 Å². The van der Waals surface area contributed by atoms with Gasteiger partial charge in [-0.05, 0) is 30.7 Å². The van der Waals surface area contributed by atoms with E-state index in [9.17, 15) is 9.59 Å². The lowest BCUT2D eigenvalue weighted by Crippen LogP contribution is -2.30. The normalized spacial score (nSPS) is 12.1. The number of halogens is 1. The third-order valence-electron chi connectivity index (χ3n) is 2.17. The molecule has 86 valence electrons. The Morgan fingerprint density at radius 1 is 1.31 bits per heavy atom. The molecule has 0 radical (unpaired) electrons. The zero-order valence-electron chi connectivity index (χ0n) is 8.52. The highest BCUT2D eigenvalue weighted by atomic mass is 35.5. The number of carbonyl (C=O) groups is 2. The summed E-state index contributed by atoms with van der Waals surface area (Å²) >= 11 is 5.68. The van der Waals surface area contributed by atoms with Gasteiger partial charge >= 0.3 is 5.97 Å². The average molecular weight is 242 g/mol. The number of nitrogens with two attached hydrogens (primary N) is 1. The number of aliphatic carboxylic acids is 1. The summed E-state index contributed by atoms with van der Waals surface area (Å²) in [5.41, 5.74) is 5.81. The van der Waals surface area contributed by atoms with Gasteiger partial charge in [0.2, 0.25) is 0 Å². The fourth-order valence-corrected chi connectivity index (χ4v) is 1.32. The number of carbonyl (C=O) groups excluding carboxylic acids is 1. The van der Waals surface area contributed by atoms with E-state index in [1.165, 1.54) is 0 Å². The van der Waals surface area contributed by atoms with Crippen molar-refractivity contribution in [2.24, 2.45) is 5.73 Å². The van der Waals surface area contributed by atoms with Crippen LogP contribution in [0.2, 0.25) is 5.02 Å². The van der Waals surface area contributed by atoms with Gasteiger partial charge in [-0.2, -0.15) is 0 Å². The average Bonchev–Trinajstić information content (AvgIpc) is 2.26. The fourth-order valence-electron chi connectivity index (χ4n) is 1.19. The quantitative estimate of drug-likeness (QED) is 0.769. The number of hydrogen-bond acceptors (Lipinski definition) is 3. The Bertz CT molecular complexity index is 389. The Hall–Kier alpha value is -1.39. The van der Waals surface area contributed by atoms with Crippen molar-refractivity contribution in [3.05, 3.63) is 34.9 Å². The van der Waals surface area contributed by atoms with E-state index >= 15 is 0 Å². The second-order valence-electron chi connectivity index (χ2n) is 3.41. The van der Waals surface area contributed by atoms with Gasteiger partial charge in [-0.1, -0.05) is 11.6 Å². The smallest absolute Gasteiger partial charge is 0.320 e. The first kappa shape index (κ1) is 12.7. The summed E-state index contributed by atoms with van der Waals surface area (Å²) in [4.78, 5) is 22.0. The Morgan fingerprint density at radius 3 is 2.38 bits per heavy atom. The number of carboxylic acids is 1. The van der Waals surface area contributed by atoms with Gasteiger partial charge in [-0.15, -0.1) is 0 Å². The number of carboxylic acid groups (broad SMARTS) is 1. The molecule has 3 N–H and O–H groups in total. The molecule has 0 spiro atoms. The molecular formula is C11H12ClNO3. The van der Waals surface area contributed by atoms with E-state index in [0.29, 0.717) is 10.6 Å². The van der Waals surface area contributed by atoms with Gasteiger partial charge in [0.25, 0.3) is 0 Å². The lowest BCUT2D eigenvalue weighted by atomic mass is 10.0. The first-order valence-electron chi connectivity index (χ1n) is 4.78. The second kappa shape index (κ2) is 5.63. The van der Waals surface area contributed by atoms with Crippen LogP contribution in [0.25, 0.3) is 0 Å². The van der Waals surface area contributed by atoms with E-state index in [-0.39, 0.29) is 18.6 Å². The van der Waals surface area contributed by atoms with Crippen LogP contribution in [0, 0.1) is 0 Å². The first-order chi connectivity index (χ1) is 7.50. The maximum absolute atomic E-state index is 11.6. The Labute approximate surface area is 98.0 Å². The number of rotatable bonds is 5. The molecule has 4 nitrogen and oxygen atoms in total. The van der Waals surface area contributed by atoms with Crippen LogP contribution in [0.3, 0.4) is 0 Å². The molecule has 0 aromatic heterocycles. The summed E-state index contributed by atoms with van der Waals surface area (Å²) in [6, 6.07) is 5.46. The van der Waals surface area contributed by atoms with Crippen LogP contribution in [0.5, 0.6) is 0 Å². The van der Waals surface area contributed by atoms with Crippen LogP contribution in [-0.4, -0.2) is 22.9 Å². The third-order valence-corrected chi connectivity index (χ3v) is 2.42. The molecule has 5 heteroatoms. The summed E-state index contributed by atoms with van der Waals surface area (Å²) < 4.78 is 0. The molecule has 0 unspecified atom stereocenters. The molecular weight excluding hydrogens is 230 g/mol. The zero-order chi connectivity index (χ0) is 12.1. The number of Topliss-reactive ketones (excluding diaryl/α,β-unsaturated/α-hetero) is 1. The molecule has 0 saturated heterocycles. The third kappa shape index (κ3) is 3.64. The zero-order valence-corrected chi connectivity index (χ0v) is 9.28. The molecule has 16 heavy (non-hydrogen) atoms. The summed E-state index contributed by atoms with van der Waals surface area (Å²) in [6.45, 7) is 0. The van der Waals surface area contributed by atoms with Crippen molar-refractivity contribution >= 4 is 23.4 Å². The lowest BCUT2D eigenvalue weighted by molar-refractivity contribution is -0.138. The molecule has 0 heterocycles. The molecule has 1 aromatic rings. The maximum atomic E-state index is 11.6. The minimum atomic E-state index is -1.09. The molecule has 0 saturated carbocycles. The number of hydrogen-bond donors (Lipinski definition) is 2. The van der Waals surface area contributed by atoms with E-state index < -0.39 is 12.0 Å². The van der Waals surface area contributed by atoms with Crippen LogP contribution in [0.4, 0.5) is 0 Å². The van der Waals surface area contributed by atoms with E-state index in [1.54, 1.807) is 24.3 Å². The minimum Gasteiger partial charge on any atom is -0.480 e. The minimum absolute atomic E-state index is 0.120. The molecule has 0 aliphatic heterocycles. The van der Waals surface area contributed by atoms with Crippen molar-refractivity contribution in [2.75, 3.05) is 0 Å². The van der Waals surface area contributed by atoms with Gasteiger partial charge in [-0.25, -0.2) is 0 Å². The van der Waals surface area contributed by atoms with Crippen molar-refractivity contribution in [1.29, 1.82) is 0 Å². The lowest BCUT2D eigenvalue weighted by Gasteiger charge is -2.05. The molecule has 1 atom stereocenters. The summed E-state index contributed by atoms with van der Waals surface area (Å²) in [6.07, 6.45) is 0.256. The van der Waals surface area contributed by atoms with E-state index in [0.717, 1.165) is 0 Å². The maximum Gasteiger partial charge on any atom is 0.320 e. The molecule has 0 aliphatic carbocycles. The van der Waals surface area contributed by atoms with Gasteiger partial charge < -0.3 is 10.8 Å². The summed E-state index contributed by atoms with van der Waals surface area (Å²) in [5.74, 6) is -1.22. The van der Waals surface area contributed by atoms with Crippen LogP contribution in [0.15, 0.2) is 24.3 Å². The van der Waals surface area contributed by atoms with Crippen LogP contribution in [-0.2, 0) is 4.79 Å². The highest BCUT2D eigenvalue weighted by Crippen LogP contribution is 2.12. The van der Waals surface area contributed by atoms with Crippen molar-refractivity contribution in [1.82, 2.24) is 0 Å². The number of benzene rings is 1. The highest BCUT2D eigenvalue weighted by Gasteiger charge is 2.14. The van der Waals surface area contributed by atoms with Gasteiger partial charge in [0.05, 0.1) is 0 Å². The standard InChI is InChI=1S/C11H12ClNO3/c12-8-3-1-7(2-4-8)10(14)6-5-9(13)11(15)16/h1-4,9H,5-6,13H2,(H,15,16)/t9-/m0/s1. The van der Waals surface area contributed by atoms with E-state index in [4.69, 9.17) is 22.4 Å². The van der Waals surface area contributed by atoms with Gasteiger partial charge in [0, 0.05) is 17.0 Å². The molecule has 1 rings (SSSR count). The van der Waals surface area contributed by atoms with Crippen molar-refractivity contribution < 1.29 is 14.7 Å². The Kier molecular flexibility index (Phi) is 4.46. The van der Waals surface area contributed by atoms with Gasteiger partial charge in [0.15, 0.2) is 5.78 Å². The molecule has 0 bridgehead atoms. The summed E-state index contributed by atoms with van der Waals surface area (Å²) in [7, 11) is 0. The van der Waals surface area contributed by atoms with E-state index in [2.05, 4.69) is 0 Å². The van der Waals surface area contributed by atoms with E-state index in [1.807, 2.05) is 0 Å². The van der Waals surface area contributed by atoms with Gasteiger partial charge in [0.1, 0.15) is 6.04 Å². The predicted octanol–water partition coefficient (Wildman–Crippen LogP) is 1.71. The first-order valence-corrected chi connectivity index (χ1v) is 5.15. The number of ketones is 1. The second-order valence-corrected chi connectivity index (χ2v) is 3.85. The SMILES string of the molecule is N[C@@H](CCC(=O)c1ccc(Cl)cc1)C(=O)O. The van der Waals surface area contributed by atoms with Gasteiger partial charge in [-0.3, -0.25) is 9.59 Å². The van der Waals surface area contributed by atoms with Crippen molar-refractivity contribution in [3.63, 3.8) is 0 Å². The largest absolute Gasteiger partial charge is 0.480 e. The molecule has 0 fully saturated rings. The molecule has 0 aliphatic rings. The summed E-state index contributed by atoms with van der Waals surface area (Å²) in [5, 5.41) is 9.10. The monoisotopic (exact) mass is 241 g/mol. The van der Waals surface area contributed by atoms with Crippen LogP contribution >= 0.6 is 11.6 Å². The molecule has 1 aromatic carbocycles.